The van der Waals surface area contributed by atoms with Gasteiger partial charge in [0.2, 0.25) is 0 Å². The van der Waals surface area contributed by atoms with Crippen molar-refractivity contribution in [2.24, 2.45) is 0 Å². The summed E-state index contributed by atoms with van der Waals surface area (Å²) in [6, 6.07) is 0. The van der Waals surface area contributed by atoms with Gasteiger partial charge in [-0.3, -0.25) is 18.0 Å². The van der Waals surface area contributed by atoms with Gasteiger partial charge in [-0.25, -0.2) is 19.3 Å². The first-order chi connectivity index (χ1) is 15.3. The number of hydrogen-bond donors (Lipinski definition) is 1. The Morgan fingerprint density at radius 2 is 1.91 bits per heavy atom. The number of aromatic nitrogens is 4. The third-order valence-corrected chi connectivity index (χ3v) is 7.77. The average Bonchev–Trinajstić information content (AvgIpc) is 3.26. The number of phosphoric acid groups is 3. The molecular weight excluding hydrogens is 511 g/mol. The maximum atomic E-state index is 11.8. The summed E-state index contributed by atoms with van der Waals surface area (Å²) in [5.41, 5.74) is 6.39. The smallest absolute Gasteiger partial charge is 0.278 e. The molecule has 1 aliphatic heterocycles. The molecule has 20 heteroatoms. The predicted molar refractivity (Wildman–Crippen MR) is 99.1 cm³/mol. The van der Waals surface area contributed by atoms with E-state index in [4.69, 9.17) is 15.2 Å². The van der Waals surface area contributed by atoms with Crippen LogP contribution >= 0.6 is 23.5 Å². The van der Waals surface area contributed by atoms with Crippen LogP contribution in [0.25, 0.3) is 11.2 Å². The van der Waals surface area contributed by atoms with Crippen molar-refractivity contribution in [2.75, 3.05) is 18.9 Å². The Morgan fingerprint density at radius 1 is 1.18 bits per heavy atom. The van der Waals surface area contributed by atoms with Crippen molar-refractivity contribution in [3.8, 4) is 0 Å². The molecular formula is C13H16N5O12P3-4. The fourth-order valence-corrected chi connectivity index (χ4v) is 5.78. The largest absolute Gasteiger partial charge is 0.790 e. The molecule has 1 saturated heterocycles. The Hall–Kier alpha value is -1.58. The van der Waals surface area contributed by atoms with Gasteiger partial charge in [-0.05, 0) is 0 Å². The molecule has 1 fully saturated rings. The minimum absolute atomic E-state index is 0.0640. The van der Waals surface area contributed by atoms with Gasteiger partial charge in [0.05, 0.1) is 33.5 Å². The molecule has 5 atom stereocenters. The van der Waals surface area contributed by atoms with E-state index in [0.717, 1.165) is 0 Å². The molecule has 33 heavy (non-hydrogen) atoms. The number of imidazole rings is 1. The molecule has 2 N–H and O–H groups in total. The van der Waals surface area contributed by atoms with Crippen LogP contribution in [0.3, 0.4) is 0 Å². The van der Waals surface area contributed by atoms with Gasteiger partial charge in [-0.1, -0.05) is 6.08 Å². The fraction of sp³-hybridized carbons (Fsp3) is 0.462. The zero-order chi connectivity index (χ0) is 24.4. The molecule has 0 amide bonds. The van der Waals surface area contributed by atoms with Crippen molar-refractivity contribution >= 4 is 40.4 Å². The second-order valence-corrected chi connectivity index (χ2v) is 10.7. The molecule has 3 unspecified atom stereocenters. The van der Waals surface area contributed by atoms with Gasteiger partial charge < -0.3 is 43.9 Å². The first kappa shape index (κ1) is 26.0. The lowest BCUT2D eigenvalue weighted by Crippen LogP contribution is -2.30. The molecule has 17 nitrogen and oxygen atoms in total. The second-order valence-electron chi connectivity index (χ2n) is 6.41. The van der Waals surface area contributed by atoms with Gasteiger partial charge in [0, 0.05) is 6.42 Å². The molecule has 3 heterocycles. The molecule has 184 valence electrons. The summed E-state index contributed by atoms with van der Waals surface area (Å²) in [5, 5.41) is 0. The lowest BCUT2D eigenvalue weighted by atomic mass is 10.2. The first-order valence-corrected chi connectivity index (χ1v) is 13.2. The molecule has 3 rings (SSSR count). The summed E-state index contributed by atoms with van der Waals surface area (Å²) >= 11 is 0. The van der Waals surface area contributed by atoms with E-state index in [9.17, 15) is 33.3 Å². The fourth-order valence-electron chi connectivity index (χ4n) is 2.92. The SMILES string of the molecule is C=CCOC1C[C@H](n2cnc3c(N)ncnc32)O[C@@H]1COP(=O)([O-])OP(=O)([O-])OP(=O)([O-])[O-]. The molecule has 0 bridgehead atoms. The van der Waals surface area contributed by atoms with Gasteiger partial charge in [0.1, 0.15) is 24.2 Å². The highest BCUT2D eigenvalue weighted by Crippen LogP contribution is 2.60. The number of ether oxygens (including phenoxy) is 2. The van der Waals surface area contributed by atoms with Gasteiger partial charge in [0.15, 0.2) is 11.5 Å². The summed E-state index contributed by atoms with van der Waals surface area (Å²) in [4.78, 5) is 55.9. The minimum atomic E-state index is -6.09. The number of rotatable bonds is 11. The summed E-state index contributed by atoms with van der Waals surface area (Å²) in [5.74, 6) is 0.130. The monoisotopic (exact) mass is 527 g/mol. The third-order valence-electron chi connectivity index (χ3n) is 4.10. The van der Waals surface area contributed by atoms with Crippen molar-refractivity contribution in [1.29, 1.82) is 0 Å². The number of nitrogen functional groups attached to an aromatic ring is 1. The number of phosphoric ester groups is 1. The molecule has 2 aromatic heterocycles. The Balaban J connectivity index is 1.72. The number of fused-ring (bicyclic) bond motifs is 1. The van der Waals surface area contributed by atoms with Crippen LogP contribution in [0.1, 0.15) is 12.6 Å². The van der Waals surface area contributed by atoms with E-state index in [1.165, 1.54) is 23.3 Å². The molecule has 0 radical (unpaired) electrons. The van der Waals surface area contributed by atoms with Crippen LogP contribution in [0.5, 0.6) is 0 Å². The van der Waals surface area contributed by atoms with Crippen LogP contribution in [0.4, 0.5) is 5.82 Å². The molecule has 0 spiro atoms. The summed E-state index contributed by atoms with van der Waals surface area (Å²) < 4.78 is 57.5. The van der Waals surface area contributed by atoms with Gasteiger partial charge in [0.25, 0.3) is 15.6 Å². The standard InChI is InChI=1S/C13H20N5O12P3/c1-2-3-26-8-4-10(18-7-17-11-12(14)15-6-16-13(11)18)28-9(8)5-27-32(22,23)30-33(24,25)29-31(19,20)21/h2,6-10H,1,3-5H2,(H,22,23)(H,24,25)(H2,14,15,16)(H2,19,20,21)/p-4/t8?,9-,10-/m1/s1. The zero-order valence-corrected chi connectivity index (χ0v) is 19.1. The van der Waals surface area contributed by atoms with E-state index in [0.29, 0.717) is 11.2 Å². The Labute approximate surface area is 185 Å². The number of anilines is 1. The van der Waals surface area contributed by atoms with Crippen LogP contribution < -0.4 is 25.3 Å². The van der Waals surface area contributed by atoms with E-state index >= 15 is 0 Å². The highest BCUT2D eigenvalue weighted by atomic mass is 31.3. The summed E-state index contributed by atoms with van der Waals surface area (Å²) in [6.45, 7) is 2.78. The zero-order valence-electron chi connectivity index (χ0n) is 16.4. The number of nitrogens with two attached hydrogens (primary N) is 1. The highest BCUT2D eigenvalue weighted by molar-refractivity contribution is 7.64. The number of nitrogens with zero attached hydrogens (tertiary/aromatic N) is 4. The van der Waals surface area contributed by atoms with Gasteiger partial charge >= 0.3 is 0 Å². The third kappa shape index (κ3) is 6.96. The molecule has 0 saturated carbocycles. The maximum Gasteiger partial charge on any atom is 0.278 e. The van der Waals surface area contributed by atoms with Crippen LogP contribution in [0, 0.1) is 0 Å². The quantitative estimate of drug-likeness (QED) is 0.247. The molecule has 2 aromatic rings. The van der Waals surface area contributed by atoms with Crippen LogP contribution in [0.15, 0.2) is 25.3 Å². The maximum absolute atomic E-state index is 11.8. The molecule has 0 aromatic carbocycles. The van der Waals surface area contributed by atoms with E-state index in [1.54, 1.807) is 0 Å². The predicted octanol–water partition coefficient (Wildman–Crippen LogP) is -1.92. The van der Waals surface area contributed by atoms with E-state index in [1.807, 2.05) is 0 Å². The normalized spacial score (nSPS) is 25.0. The molecule has 0 aliphatic carbocycles. The second kappa shape index (κ2) is 9.96. The Bertz CT molecular complexity index is 1150. The van der Waals surface area contributed by atoms with Gasteiger partial charge in [-0.2, -0.15) is 0 Å². The van der Waals surface area contributed by atoms with E-state index in [-0.39, 0.29) is 18.8 Å². The Morgan fingerprint density at radius 3 is 2.58 bits per heavy atom. The van der Waals surface area contributed by atoms with Crippen molar-refractivity contribution < 1.29 is 55.9 Å². The van der Waals surface area contributed by atoms with Crippen molar-refractivity contribution in [3.05, 3.63) is 25.3 Å². The topological polar surface area (TPSA) is 259 Å². The summed E-state index contributed by atoms with van der Waals surface area (Å²) in [7, 11) is -17.9. The van der Waals surface area contributed by atoms with Crippen molar-refractivity contribution in [3.63, 3.8) is 0 Å². The van der Waals surface area contributed by atoms with Crippen LogP contribution in [-0.4, -0.2) is 44.9 Å². The van der Waals surface area contributed by atoms with Gasteiger partial charge in [-0.15, -0.1) is 6.58 Å². The average molecular weight is 527 g/mol. The summed E-state index contributed by atoms with van der Waals surface area (Å²) in [6.07, 6.45) is 1.60. The molecule has 1 aliphatic rings. The number of hydrogen-bond acceptors (Lipinski definition) is 16. The lowest BCUT2D eigenvalue weighted by molar-refractivity contribution is -0.339. The van der Waals surface area contributed by atoms with E-state index in [2.05, 4.69) is 34.7 Å². The van der Waals surface area contributed by atoms with Crippen molar-refractivity contribution in [1.82, 2.24) is 19.5 Å². The van der Waals surface area contributed by atoms with Crippen LogP contribution in [-0.2, 0) is 36.3 Å². The van der Waals surface area contributed by atoms with E-state index < -0.39 is 48.5 Å². The highest BCUT2D eigenvalue weighted by Gasteiger charge is 2.39. The minimum Gasteiger partial charge on any atom is -0.790 e. The van der Waals surface area contributed by atoms with Crippen molar-refractivity contribution in [2.45, 2.75) is 24.9 Å². The Kier molecular flexibility index (Phi) is 7.86. The first-order valence-electron chi connectivity index (χ1n) is 8.82. The lowest BCUT2D eigenvalue weighted by Gasteiger charge is -2.37. The van der Waals surface area contributed by atoms with Crippen LogP contribution in [0.2, 0.25) is 0 Å².